The average molecular weight is 588 g/mol. The zero-order valence-corrected chi connectivity index (χ0v) is 22.8. The summed E-state index contributed by atoms with van der Waals surface area (Å²) < 4.78 is 13.7. The predicted molar refractivity (Wildman–Crippen MR) is 128 cm³/mol. The van der Waals surface area contributed by atoms with Crippen molar-refractivity contribution in [1.29, 1.82) is 0 Å². The smallest absolute Gasteiger partial charge is 0.322 e. The molecule has 0 N–H and O–H groups in total. The molecule has 0 amide bonds. The minimum atomic E-state index is -0.877. The van der Waals surface area contributed by atoms with Crippen LogP contribution in [-0.4, -0.2) is 46.0 Å². The van der Waals surface area contributed by atoms with E-state index < -0.39 is 15.7 Å². The van der Waals surface area contributed by atoms with Gasteiger partial charge in [-0.25, -0.2) is 6.57 Å². The van der Waals surface area contributed by atoms with E-state index in [2.05, 4.69) is 54.7 Å². The summed E-state index contributed by atoms with van der Waals surface area (Å²) in [5.74, 6) is 0.0132. The molecule has 8 heteroatoms. The van der Waals surface area contributed by atoms with Gasteiger partial charge < -0.3 is 19.1 Å². The van der Waals surface area contributed by atoms with Gasteiger partial charge in [0.15, 0.2) is 0 Å². The van der Waals surface area contributed by atoms with Crippen LogP contribution < -0.4 is 0 Å². The number of rotatable bonds is 9. The van der Waals surface area contributed by atoms with Gasteiger partial charge in [-0.05, 0) is 41.0 Å². The molecule has 0 aliphatic heterocycles. The van der Waals surface area contributed by atoms with Crippen LogP contribution in [0.25, 0.3) is 4.85 Å². The Morgan fingerprint density at radius 1 is 1.03 bits per heavy atom. The highest BCUT2D eigenvalue weighted by molar-refractivity contribution is 14.1. The first kappa shape index (κ1) is 30.4. The fraction of sp³-hybridized carbons (Fsp3) is 0.762. The monoisotopic (exact) mass is 587 g/mol. The van der Waals surface area contributed by atoms with Crippen molar-refractivity contribution >= 4 is 50.5 Å². The standard InChI is InChI=1S/C11H19BrO4.C10H16INO/c1-6-16-8(13)10(2,3)7-11(4,12)9(14)15-5;1-8(13-6)10(4,11)7-9(2,3)12-5/h6-7H2,1-5H3;1,7H2,2-4,6H3. The van der Waals surface area contributed by atoms with Crippen LogP contribution in [0.1, 0.15) is 61.3 Å². The van der Waals surface area contributed by atoms with Crippen molar-refractivity contribution < 1.29 is 23.8 Å². The lowest BCUT2D eigenvalue weighted by Gasteiger charge is -2.29. The highest BCUT2D eigenvalue weighted by Gasteiger charge is 2.42. The van der Waals surface area contributed by atoms with Gasteiger partial charge in [0.1, 0.15) is 10.1 Å². The Balaban J connectivity index is 0. The average Bonchev–Trinajstić information content (AvgIpc) is 2.59. The van der Waals surface area contributed by atoms with Crippen LogP contribution in [0.3, 0.4) is 0 Å². The second-order valence-corrected chi connectivity index (χ2v) is 12.5. The Morgan fingerprint density at radius 3 is 1.86 bits per heavy atom. The van der Waals surface area contributed by atoms with Gasteiger partial charge in [0.05, 0.1) is 29.7 Å². The van der Waals surface area contributed by atoms with Crippen molar-refractivity contribution in [2.45, 2.75) is 74.6 Å². The molecule has 0 fully saturated rings. The minimum Gasteiger partial charge on any atom is -0.500 e. The summed E-state index contributed by atoms with van der Waals surface area (Å²) in [4.78, 5) is 26.7. The van der Waals surface area contributed by atoms with Crippen molar-refractivity contribution in [3.63, 3.8) is 0 Å². The number of nitrogens with zero attached hydrogens (tertiary/aromatic N) is 1. The summed E-state index contributed by atoms with van der Waals surface area (Å²) in [7, 11) is 2.93. The van der Waals surface area contributed by atoms with Crippen molar-refractivity contribution in [1.82, 2.24) is 0 Å². The van der Waals surface area contributed by atoms with Gasteiger partial charge in [0, 0.05) is 20.3 Å². The Hall–Kier alpha value is -0.820. The SMILES string of the molecule is CCOC(=O)C(C)(C)CC(C)(Br)C(=O)OC.[C-]#[N+]C(C)(C)CC(C)(I)C(=C)OC. The maximum atomic E-state index is 11.7. The lowest BCUT2D eigenvalue weighted by Crippen LogP contribution is -2.39. The van der Waals surface area contributed by atoms with Crippen LogP contribution in [-0.2, 0) is 23.8 Å². The number of esters is 2. The first-order chi connectivity index (χ1) is 12.9. The molecule has 2 unspecified atom stereocenters. The van der Waals surface area contributed by atoms with Gasteiger partial charge in [-0.2, -0.15) is 0 Å². The van der Waals surface area contributed by atoms with E-state index in [0.717, 1.165) is 12.2 Å². The molecule has 0 radical (unpaired) electrons. The molecule has 0 aliphatic carbocycles. The van der Waals surface area contributed by atoms with E-state index in [1.165, 1.54) is 7.11 Å². The molecule has 0 rings (SSSR count). The van der Waals surface area contributed by atoms with E-state index in [1.807, 2.05) is 20.8 Å². The molecule has 6 nitrogen and oxygen atoms in total. The van der Waals surface area contributed by atoms with Crippen molar-refractivity contribution in [3.05, 3.63) is 23.8 Å². The molecule has 0 bridgehead atoms. The lowest BCUT2D eigenvalue weighted by atomic mass is 9.83. The quantitative estimate of drug-likeness (QED) is 0.113. The molecular weight excluding hydrogens is 553 g/mol. The molecule has 168 valence electrons. The van der Waals surface area contributed by atoms with Gasteiger partial charge in [0.25, 0.3) is 0 Å². The third-order valence-electron chi connectivity index (χ3n) is 4.11. The molecule has 0 saturated heterocycles. The Labute approximate surface area is 198 Å². The largest absolute Gasteiger partial charge is 0.500 e. The zero-order valence-electron chi connectivity index (χ0n) is 19.1. The summed E-state index contributed by atoms with van der Waals surface area (Å²) in [6, 6.07) is 0. The molecule has 2 atom stereocenters. The van der Waals surface area contributed by atoms with Crippen LogP contribution >= 0.6 is 38.5 Å². The van der Waals surface area contributed by atoms with E-state index in [9.17, 15) is 9.59 Å². The van der Waals surface area contributed by atoms with Gasteiger partial charge >= 0.3 is 11.9 Å². The molecule has 0 spiro atoms. The summed E-state index contributed by atoms with van der Waals surface area (Å²) in [5, 5.41) is 0. The molecular formula is C21H35BrINO5. The van der Waals surface area contributed by atoms with E-state index in [1.54, 1.807) is 34.8 Å². The van der Waals surface area contributed by atoms with Crippen molar-refractivity contribution in [2.24, 2.45) is 5.41 Å². The summed E-state index contributed by atoms with van der Waals surface area (Å²) in [6.45, 7) is 24.0. The van der Waals surface area contributed by atoms with Crippen LogP contribution in [0.2, 0.25) is 0 Å². The first-order valence-electron chi connectivity index (χ1n) is 9.18. The van der Waals surface area contributed by atoms with Gasteiger partial charge in [0.2, 0.25) is 5.54 Å². The first-order valence-corrected chi connectivity index (χ1v) is 11.0. The molecule has 0 saturated carbocycles. The number of halogens is 2. The normalized spacial score (nSPS) is 15.4. The van der Waals surface area contributed by atoms with Crippen molar-refractivity contribution in [3.8, 4) is 0 Å². The number of carbonyl (C=O) groups is 2. The van der Waals surface area contributed by atoms with Crippen LogP contribution in [0.15, 0.2) is 12.3 Å². The fourth-order valence-electron chi connectivity index (χ4n) is 2.68. The Bertz CT molecular complexity index is 621. The van der Waals surface area contributed by atoms with E-state index in [4.69, 9.17) is 16.0 Å². The number of allylic oxidation sites excluding steroid dienone is 1. The van der Waals surface area contributed by atoms with E-state index >= 15 is 0 Å². The number of alkyl halides is 2. The second-order valence-electron chi connectivity index (χ2n) is 8.40. The van der Waals surface area contributed by atoms with E-state index in [-0.39, 0.29) is 14.9 Å². The predicted octanol–water partition coefficient (Wildman–Crippen LogP) is 5.72. The highest BCUT2D eigenvalue weighted by atomic mass is 127. The number of methoxy groups -OCH3 is 2. The fourth-order valence-corrected chi connectivity index (χ4v) is 4.69. The number of carbonyl (C=O) groups excluding carboxylic acids is 2. The van der Waals surface area contributed by atoms with Crippen LogP contribution in [0.5, 0.6) is 0 Å². The third kappa shape index (κ3) is 11.2. The number of ether oxygens (including phenoxy) is 3. The van der Waals surface area contributed by atoms with Gasteiger partial charge in [-0.15, -0.1) is 0 Å². The van der Waals surface area contributed by atoms with Crippen LogP contribution in [0.4, 0.5) is 0 Å². The molecule has 0 heterocycles. The molecule has 0 aromatic rings. The molecule has 0 aromatic heterocycles. The van der Waals surface area contributed by atoms with Gasteiger partial charge in [-0.3, -0.25) is 9.59 Å². The topological polar surface area (TPSA) is 66.2 Å². The van der Waals surface area contributed by atoms with Crippen molar-refractivity contribution in [2.75, 3.05) is 20.8 Å². The molecule has 0 aromatic carbocycles. The van der Waals surface area contributed by atoms with Crippen LogP contribution in [0, 0.1) is 12.0 Å². The summed E-state index contributed by atoms with van der Waals surface area (Å²) in [6.07, 6.45) is 1.06. The number of hydrogen-bond donors (Lipinski definition) is 0. The maximum absolute atomic E-state index is 11.7. The van der Waals surface area contributed by atoms with E-state index in [0.29, 0.717) is 13.0 Å². The minimum absolute atomic E-state index is 0.166. The molecule has 29 heavy (non-hydrogen) atoms. The Kier molecular flexibility index (Phi) is 12.7. The molecule has 0 aliphatic rings. The summed E-state index contributed by atoms with van der Waals surface area (Å²) in [5.41, 5.74) is -1.08. The van der Waals surface area contributed by atoms with Gasteiger partial charge in [-0.1, -0.05) is 45.1 Å². The second kappa shape index (κ2) is 12.1. The zero-order chi connectivity index (χ0) is 23.7. The number of hydrogen-bond acceptors (Lipinski definition) is 5. The Morgan fingerprint density at radius 2 is 1.52 bits per heavy atom. The lowest BCUT2D eigenvalue weighted by molar-refractivity contribution is -0.155. The maximum Gasteiger partial charge on any atom is 0.322 e. The third-order valence-corrected chi connectivity index (χ3v) is 5.70. The summed E-state index contributed by atoms with van der Waals surface area (Å²) >= 11 is 5.56. The highest BCUT2D eigenvalue weighted by Crippen LogP contribution is 2.37.